The molecule has 0 radical (unpaired) electrons. The van der Waals surface area contributed by atoms with Crippen molar-refractivity contribution in [3.8, 4) is 0 Å². The van der Waals surface area contributed by atoms with Gasteiger partial charge in [0.2, 0.25) is 0 Å². The smallest absolute Gasteiger partial charge is 0.338 e. The first-order valence-corrected chi connectivity index (χ1v) is 7.91. The molecule has 0 aliphatic heterocycles. The Hall–Kier alpha value is -1.81. The number of carbonyl (C=O) groups is 1. The Morgan fingerprint density at radius 1 is 1.10 bits per heavy atom. The van der Waals surface area contributed by atoms with Gasteiger partial charge in [0.1, 0.15) is 0 Å². The van der Waals surface area contributed by atoms with Gasteiger partial charge in [-0.05, 0) is 64.1 Å². The highest BCUT2D eigenvalue weighted by Crippen LogP contribution is 2.25. The molecule has 1 aromatic carbocycles. The van der Waals surface area contributed by atoms with Gasteiger partial charge in [-0.3, -0.25) is 0 Å². The third-order valence-corrected chi connectivity index (χ3v) is 4.22. The zero-order valence-corrected chi connectivity index (χ0v) is 13.7. The number of anilines is 1. The van der Waals surface area contributed by atoms with E-state index < -0.39 is 0 Å². The maximum atomic E-state index is 11.8. The lowest BCUT2D eigenvalue weighted by Crippen LogP contribution is -2.11. The molecule has 1 atom stereocenters. The molecule has 1 heterocycles. The average molecular weight is 303 g/mol. The summed E-state index contributed by atoms with van der Waals surface area (Å²) in [5.74, 6) is -0.279. The Labute approximate surface area is 130 Å². The summed E-state index contributed by atoms with van der Waals surface area (Å²) < 4.78 is 5.17. The molecule has 4 heteroatoms. The van der Waals surface area contributed by atoms with E-state index in [9.17, 15) is 4.79 Å². The van der Waals surface area contributed by atoms with Crippen molar-refractivity contribution in [2.45, 2.75) is 39.8 Å². The van der Waals surface area contributed by atoms with Crippen LogP contribution in [0.15, 0.2) is 36.4 Å². The SMILES string of the molecule is Cc1ccc(C(C)Nc2ccc(C(=O)OC(C)C)cc2)s1. The zero-order valence-electron chi connectivity index (χ0n) is 12.8. The molecule has 0 saturated carbocycles. The summed E-state index contributed by atoms with van der Waals surface area (Å²) in [6.07, 6.45) is -0.0996. The maximum Gasteiger partial charge on any atom is 0.338 e. The van der Waals surface area contributed by atoms with E-state index in [1.165, 1.54) is 9.75 Å². The van der Waals surface area contributed by atoms with Crippen LogP contribution < -0.4 is 5.32 Å². The van der Waals surface area contributed by atoms with Crippen LogP contribution in [0.2, 0.25) is 0 Å². The first-order chi connectivity index (χ1) is 9.95. The molecule has 21 heavy (non-hydrogen) atoms. The Morgan fingerprint density at radius 2 is 1.76 bits per heavy atom. The third kappa shape index (κ3) is 4.33. The molecule has 1 unspecified atom stereocenters. The van der Waals surface area contributed by atoms with Crippen LogP contribution in [-0.4, -0.2) is 12.1 Å². The summed E-state index contributed by atoms with van der Waals surface area (Å²) in [6, 6.07) is 11.9. The molecule has 3 nitrogen and oxygen atoms in total. The van der Waals surface area contributed by atoms with Crippen molar-refractivity contribution in [3.63, 3.8) is 0 Å². The largest absolute Gasteiger partial charge is 0.459 e. The minimum Gasteiger partial charge on any atom is -0.459 e. The van der Waals surface area contributed by atoms with Crippen molar-refractivity contribution >= 4 is 23.0 Å². The van der Waals surface area contributed by atoms with Crippen LogP contribution in [0.3, 0.4) is 0 Å². The minimum absolute atomic E-state index is 0.0996. The Bertz CT molecular complexity index is 602. The lowest BCUT2D eigenvalue weighted by atomic mass is 10.2. The van der Waals surface area contributed by atoms with Gasteiger partial charge in [0, 0.05) is 15.4 Å². The van der Waals surface area contributed by atoms with Crippen LogP contribution in [0.25, 0.3) is 0 Å². The van der Waals surface area contributed by atoms with Crippen LogP contribution in [0.4, 0.5) is 5.69 Å². The lowest BCUT2D eigenvalue weighted by Gasteiger charge is -2.14. The zero-order chi connectivity index (χ0) is 15.4. The molecule has 0 saturated heterocycles. The quantitative estimate of drug-likeness (QED) is 0.807. The molecular weight excluding hydrogens is 282 g/mol. The second-order valence-electron chi connectivity index (χ2n) is 5.35. The molecule has 0 aliphatic rings. The van der Waals surface area contributed by atoms with Crippen molar-refractivity contribution < 1.29 is 9.53 Å². The van der Waals surface area contributed by atoms with Gasteiger partial charge in [-0.1, -0.05) is 0 Å². The predicted octanol–water partition coefficient (Wildman–Crippen LogP) is 4.79. The van der Waals surface area contributed by atoms with Crippen LogP contribution in [0.1, 0.15) is 46.9 Å². The van der Waals surface area contributed by atoms with Gasteiger partial charge in [0.15, 0.2) is 0 Å². The van der Waals surface area contributed by atoms with Crippen LogP contribution >= 0.6 is 11.3 Å². The number of nitrogens with one attached hydrogen (secondary N) is 1. The van der Waals surface area contributed by atoms with Gasteiger partial charge < -0.3 is 10.1 Å². The number of hydrogen-bond donors (Lipinski definition) is 1. The van der Waals surface area contributed by atoms with E-state index in [0.717, 1.165) is 5.69 Å². The first kappa shape index (κ1) is 15.6. The number of thiophene rings is 1. The van der Waals surface area contributed by atoms with E-state index in [2.05, 4.69) is 31.3 Å². The molecule has 1 aromatic heterocycles. The summed E-state index contributed by atoms with van der Waals surface area (Å²) in [5.41, 5.74) is 1.57. The van der Waals surface area contributed by atoms with Crippen molar-refractivity contribution in [3.05, 3.63) is 51.7 Å². The molecule has 0 spiro atoms. The maximum absolute atomic E-state index is 11.8. The molecule has 2 aromatic rings. The molecule has 1 N–H and O–H groups in total. The standard InChI is InChI=1S/C17H21NO2S/c1-11(2)20-17(19)14-6-8-15(9-7-14)18-13(4)16-10-5-12(3)21-16/h5-11,13,18H,1-4H3. The van der Waals surface area contributed by atoms with Crippen molar-refractivity contribution in [2.24, 2.45) is 0 Å². The van der Waals surface area contributed by atoms with Crippen molar-refractivity contribution in [1.82, 2.24) is 0 Å². The van der Waals surface area contributed by atoms with Crippen molar-refractivity contribution in [1.29, 1.82) is 0 Å². The van der Waals surface area contributed by atoms with E-state index in [0.29, 0.717) is 5.56 Å². The van der Waals surface area contributed by atoms with Gasteiger partial charge in [-0.25, -0.2) is 4.79 Å². The number of esters is 1. The predicted molar refractivity (Wildman–Crippen MR) is 88.1 cm³/mol. The topological polar surface area (TPSA) is 38.3 Å². The first-order valence-electron chi connectivity index (χ1n) is 7.09. The van der Waals surface area contributed by atoms with Gasteiger partial charge in [-0.15, -0.1) is 11.3 Å². The highest BCUT2D eigenvalue weighted by molar-refractivity contribution is 7.12. The number of carbonyl (C=O) groups excluding carboxylic acids is 1. The number of hydrogen-bond acceptors (Lipinski definition) is 4. The molecular formula is C17H21NO2S. The van der Waals surface area contributed by atoms with Crippen molar-refractivity contribution in [2.75, 3.05) is 5.32 Å². The summed E-state index contributed by atoms with van der Waals surface area (Å²) in [6.45, 7) is 7.93. The minimum atomic E-state index is -0.279. The summed E-state index contributed by atoms with van der Waals surface area (Å²) in [4.78, 5) is 14.4. The highest BCUT2D eigenvalue weighted by Gasteiger charge is 2.10. The van der Waals surface area contributed by atoms with E-state index in [1.807, 2.05) is 26.0 Å². The fourth-order valence-corrected chi connectivity index (χ4v) is 2.87. The van der Waals surface area contributed by atoms with Gasteiger partial charge in [0.25, 0.3) is 0 Å². The molecule has 2 rings (SSSR count). The second-order valence-corrected chi connectivity index (χ2v) is 6.67. The molecule has 0 fully saturated rings. The summed E-state index contributed by atoms with van der Waals surface area (Å²) in [7, 11) is 0. The molecule has 0 aliphatic carbocycles. The Morgan fingerprint density at radius 3 is 2.29 bits per heavy atom. The molecule has 112 valence electrons. The number of benzene rings is 1. The molecule has 0 amide bonds. The molecule has 0 bridgehead atoms. The van der Waals surface area contributed by atoms with Crippen LogP contribution in [-0.2, 0) is 4.74 Å². The normalized spacial score (nSPS) is 12.2. The van der Waals surface area contributed by atoms with Gasteiger partial charge in [-0.2, -0.15) is 0 Å². The van der Waals surface area contributed by atoms with Crippen LogP contribution in [0.5, 0.6) is 0 Å². The third-order valence-electron chi connectivity index (χ3n) is 3.03. The van der Waals surface area contributed by atoms with E-state index in [-0.39, 0.29) is 18.1 Å². The average Bonchev–Trinajstić information content (AvgIpc) is 2.85. The van der Waals surface area contributed by atoms with E-state index in [1.54, 1.807) is 23.5 Å². The van der Waals surface area contributed by atoms with Gasteiger partial charge in [0.05, 0.1) is 17.7 Å². The Kier molecular flexibility index (Phi) is 5.02. The monoisotopic (exact) mass is 303 g/mol. The summed E-state index contributed by atoms with van der Waals surface area (Å²) >= 11 is 1.79. The van der Waals surface area contributed by atoms with Gasteiger partial charge >= 0.3 is 5.97 Å². The van der Waals surface area contributed by atoms with E-state index in [4.69, 9.17) is 4.74 Å². The van der Waals surface area contributed by atoms with Crippen LogP contribution in [0, 0.1) is 6.92 Å². The highest BCUT2D eigenvalue weighted by atomic mass is 32.1. The fourth-order valence-electron chi connectivity index (χ4n) is 1.99. The number of rotatable bonds is 5. The number of ether oxygens (including phenoxy) is 1. The van der Waals surface area contributed by atoms with E-state index >= 15 is 0 Å². The number of aryl methyl sites for hydroxylation is 1. The Balaban J connectivity index is 2.00. The summed E-state index contributed by atoms with van der Waals surface area (Å²) in [5, 5.41) is 3.44. The fraction of sp³-hybridized carbons (Fsp3) is 0.353. The lowest BCUT2D eigenvalue weighted by molar-refractivity contribution is 0.0378. The second kappa shape index (κ2) is 6.76.